The average Bonchev–Trinajstić information content (AvgIpc) is 3.64. The third kappa shape index (κ3) is 4.52. The summed E-state index contributed by atoms with van der Waals surface area (Å²) in [4.78, 5) is 5.17. The largest absolute Gasteiger partial charge is 0.497 e. The lowest BCUT2D eigenvalue weighted by atomic mass is 10.0. The fourth-order valence-corrected chi connectivity index (χ4v) is 5.33. The summed E-state index contributed by atoms with van der Waals surface area (Å²) in [5.41, 5.74) is 5.63. The number of benzene rings is 3. The first-order valence-electron chi connectivity index (χ1n) is 12.8. The summed E-state index contributed by atoms with van der Waals surface area (Å²) in [6.45, 7) is 6.32. The average molecular weight is 455 g/mol. The van der Waals surface area contributed by atoms with E-state index >= 15 is 0 Å². The molecule has 0 unspecified atom stereocenters. The normalized spacial score (nSPS) is 18.1. The number of piperazine rings is 1. The Kier molecular flexibility index (Phi) is 5.92. The summed E-state index contributed by atoms with van der Waals surface area (Å²) in [5.74, 6) is 2.73. The summed E-state index contributed by atoms with van der Waals surface area (Å²) in [7, 11) is 1.75. The Hall–Kier alpha value is -2.98. The fraction of sp³-hybridized carbons (Fsp3) is 0.400. The third-order valence-electron chi connectivity index (χ3n) is 7.65. The maximum Gasteiger partial charge on any atom is 0.120 e. The van der Waals surface area contributed by atoms with Crippen LogP contribution >= 0.6 is 0 Å². The molecule has 0 aromatic heterocycles. The summed E-state index contributed by atoms with van der Waals surface area (Å²) >= 11 is 0. The van der Waals surface area contributed by atoms with Crippen molar-refractivity contribution in [3.8, 4) is 11.5 Å². The standard InChI is InChI=1S/C30H34N2O2/c1-33-26-11-9-24-7-8-25(28(24)19-26)13-14-31-15-17-32(18-16-31)30-4-2-3-23-10-12-27(20-29(23)30)34-21-22-5-6-22/h2-4,8-12,19-20,22H,5-7,13-18,21H2,1H3. The van der Waals surface area contributed by atoms with Crippen molar-refractivity contribution in [2.75, 3.05) is 51.3 Å². The van der Waals surface area contributed by atoms with Gasteiger partial charge in [0.2, 0.25) is 0 Å². The van der Waals surface area contributed by atoms with Gasteiger partial charge in [-0.15, -0.1) is 0 Å². The van der Waals surface area contributed by atoms with Crippen LogP contribution in [0.5, 0.6) is 11.5 Å². The minimum absolute atomic E-state index is 0.773. The topological polar surface area (TPSA) is 24.9 Å². The van der Waals surface area contributed by atoms with Crippen molar-refractivity contribution in [3.63, 3.8) is 0 Å². The fourth-order valence-electron chi connectivity index (χ4n) is 5.33. The zero-order valence-electron chi connectivity index (χ0n) is 20.1. The van der Waals surface area contributed by atoms with Crippen LogP contribution in [-0.2, 0) is 6.42 Å². The minimum Gasteiger partial charge on any atom is -0.497 e. The summed E-state index contributed by atoms with van der Waals surface area (Å²) in [6.07, 6.45) is 7.20. The van der Waals surface area contributed by atoms with Gasteiger partial charge in [0.05, 0.1) is 13.7 Å². The Morgan fingerprint density at radius 1 is 0.912 bits per heavy atom. The van der Waals surface area contributed by atoms with Crippen LogP contribution in [0, 0.1) is 5.92 Å². The van der Waals surface area contributed by atoms with E-state index in [9.17, 15) is 0 Å². The van der Waals surface area contributed by atoms with Gasteiger partial charge in [0.1, 0.15) is 11.5 Å². The van der Waals surface area contributed by atoms with Gasteiger partial charge in [-0.3, -0.25) is 4.90 Å². The van der Waals surface area contributed by atoms with E-state index in [1.807, 2.05) is 0 Å². The van der Waals surface area contributed by atoms with E-state index in [0.717, 1.165) is 69.6 Å². The van der Waals surface area contributed by atoms with E-state index in [1.54, 1.807) is 7.11 Å². The molecule has 3 aromatic carbocycles. The van der Waals surface area contributed by atoms with Crippen LogP contribution in [0.1, 0.15) is 30.4 Å². The van der Waals surface area contributed by atoms with Crippen LogP contribution in [0.2, 0.25) is 0 Å². The molecule has 2 aliphatic carbocycles. The van der Waals surface area contributed by atoms with E-state index < -0.39 is 0 Å². The molecule has 4 nitrogen and oxygen atoms in total. The molecule has 0 atom stereocenters. The van der Waals surface area contributed by atoms with Crippen LogP contribution in [0.15, 0.2) is 60.7 Å². The van der Waals surface area contributed by atoms with Gasteiger partial charge in [0.15, 0.2) is 0 Å². The SMILES string of the molecule is COc1ccc2c(c1)C(CCN1CCN(c3cccc4ccc(OCC5CC5)cc34)CC1)=CC2. The second-order valence-electron chi connectivity index (χ2n) is 9.95. The Bertz CT molecular complexity index is 1210. The lowest BCUT2D eigenvalue weighted by Gasteiger charge is -2.36. The van der Waals surface area contributed by atoms with Crippen molar-refractivity contribution in [3.05, 3.63) is 71.8 Å². The first-order valence-corrected chi connectivity index (χ1v) is 12.8. The number of ether oxygens (including phenoxy) is 2. The number of rotatable bonds is 8. The van der Waals surface area contributed by atoms with Gasteiger partial charge in [0, 0.05) is 43.8 Å². The van der Waals surface area contributed by atoms with Crippen molar-refractivity contribution in [1.29, 1.82) is 0 Å². The van der Waals surface area contributed by atoms with Crippen molar-refractivity contribution in [1.82, 2.24) is 4.90 Å². The molecule has 4 heteroatoms. The molecule has 2 fully saturated rings. The van der Waals surface area contributed by atoms with Crippen LogP contribution < -0.4 is 14.4 Å². The first kappa shape index (κ1) is 21.5. The highest BCUT2D eigenvalue weighted by Crippen LogP contribution is 2.35. The maximum absolute atomic E-state index is 6.08. The van der Waals surface area contributed by atoms with E-state index in [2.05, 4.69) is 70.5 Å². The van der Waals surface area contributed by atoms with Crippen molar-refractivity contribution < 1.29 is 9.47 Å². The first-order chi connectivity index (χ1) is 16.8. The molecule has 3 aliphatic rings. The van der Waals surface area contributed by atoms with Gasteiger partial charge in [-0.2, -0.15) is 0 Å². The van der Waals surface area contributed by atoms with Crippen molar-refractivity contribution >= 4 is 22.0 Å². The van der Waals surface area contributed by atoms with Gasteiger partial charge in [0.25, 0.3) is 0 Å². The van der Waals surface area contributed by atoms with Gasteiger partial charge in [-0.1, -0.05) is 30.3 Å². The summed E-state index contributed by atoms with van der Waals surface area (Å²) < 4.78 is 11.5. The number of nitrogens with zero attached hydrogens (tertiary/aromatic N) is 2. The van der Waals surface area contributed by atoms with E-state index in [-0.39, 0.29) is 0 Å². The molecule has 1 saturated carbocycles. The van der Waals surface area contributed by atoms with Gasteiger partial charge < -0.3 is 14.4 Å². The molecule has 0 N–H and O–H groups in total. The highest BCUT2D eigenvalue weighted by Gasteiger charge is 2.23. The van der Waals surface area contributed by atoms with E-state index in [1.165, 1.54) is 46.0 Å². The number of hydrogen-bond acceptors (Lipinski definition) is 4. The summed E-state index contributed by atoms with van der Waals surface area (Å²) in [5, 5.41) is 2.60. The highest BCUT2D eigenvalue weighted by molar-refractivity contribution is 5.95. The number of anilines is 1. The molecular weight excluding hydrogens is 420 g/mol. The second kappa shape index (κ2) is 9.34. The molecule has 0 amide bonds. The summed E-state index contributed by atoms with van der Waals surface area (Å²) in [6, 6.07) is 19.7. The lowest BCUT2D eigenvalue weighted by molar-refractivity contribution is 0.264. The molecule has 34 heavy (non-hydrogen) atoms. The van der Waals surface area contributed by atoms with Gasteiger partial charge in [-0.05, 0) is 84.0 Å². The zero-order valence-corrected chi connectivity index (χ0v) is 20.1. The highest BCUT2D eigenvalue weighted by atomic mass is 16.5. The molecule has 1 heterocycles. The number of hydrogen-bond donors (Lipinski definition) is 0. The Balaban J connectivity index is 1.08. The third-order valence-corrected chi connectivity index (χ3v) is 7.65. The quantitative estimate of drug-likeness (QED) is 0.430. The minimum atomic E-state index is 0.773. The number of fused-ring (bicyclic) bond motifs is 2. The Morgan fingerprint density at radius 3 is 2.59 bits per heavy atom. The van der Waals surface area contributed by atoms with Crippen molar-refractivity contribution in [2.45, 2.75) is 25.7 Å². The predicted octanol–water partition coefficient (Wildman–Crippen LogP) is 5.79. The van der Waals surface area contributed by atoms with Gasteiger partial charge in [-0.25, -0.2) is 0 Å². The van der Waals surface area contributed by atoms with E-state index in [0.29, 0.717) is 0 Å². The van der Waals surface area contributed by atoms with Crippen molar-refractivity contribution in [2.24, 2.45) is 5.92 Å². The molecule has 1 saturated heterocycles. The molecule has 0 radical (unpaired) electrons. The van der Waals surface area contributed by atoms with Crippen LogP contribution in [-0.4, -0.2) is 51.3 Å². The molecule has 0 bridgehead atoms. The van der Waals surface area contributed by atoms with Gasteiger partial charge >= 0.3 is 0 Å². The zero-order chi connectivity index (χ0) is 22.9. The molecule has 6 rings (SSSR count). The van der Waals surface area contributed by atoms with E-state index in [4.69, 9.17) is 9.47 Å². The van der Waals surface area contributed by atoms with Crippen LogP contribution in [0.25, 0.3) is 16.3 Å². The molecule has 176 valence electrons. The number of methoxy groups -OCH3 is 1. The molecule has 3 aromatic rings. The van der Waals surface area contributed by atoms with Crippen LogP contribution in [0.4, 0.5) is 5.69 Å². The Morgan fingerprint density at radius 2 is 1.76 bits per heavy atom. The second-order valence-corrected chi connectivity index (χ2v) is 9.95. The number of allylic oxidation sites excluding steroid dienone is 1. The predicted molar refractivity (Wildman–Crippen MR) is 140 cm³/mol. The molecule has 1 aliphatic heterocycles. The maximum atomic E-state index is 6.08. The lowest BCUT2D eigenvalue weighted by Crippen LogP contribution is -2.46. The molecule has 0 spiro atoms. The Labute approximate surface area is 202 Å². The smallest absolute Gasteiger partial charge is 0.120 e. The molecular formula is C30H34N2O2. The monoisotopic (exact) mass is 454 g/mol. The van der Waals surface area contributed by atoms with Crippen LogP contribution in [0.3, 0.4) is 0 Å².